The molecular weight excluding hydrogens is 500 g/mol. The molecule has 27 heavy (non-hydrogen) atoms. The quantitative estimate of drug-likeness (QED) is 0.200. The van der Waals surface area contributed by atoms with Crippen molar-refractivity contribution in [3.63, 3.8) is 0 Å². The number of nitrogens with zero attached hydrogens (tertiary/aromatic N) is 1. The molecule has 0 saturated carbocycles. The lowest BCUT2D eigenvalue weighted by atomic mass is 10.2. The van der Waals surface area contributed by atoms with Crippen LogP contribution >= 0.6 is 24.0 Å². The lowest BCUT2D eigenvalue weighted by molar-refractivity contribution is -0.274. The van der Waals surface area contributed by atoms with E-state index in [0.717, 1.165) is 6.26 Å². The second kappa shape index (κ2) is 12.2. The number of alkyl halides is 3. The highest BCUT2D eigenvalue weighted by molar-refractivity contribution is 14.0. The van der Waals surface area contributed by atoms with E-state index < -0.39 is 16.4 Å². The smallest absolute Gasteiger partial charge is 0.405 e. The molecule has 12 heteroatoms. The van der Waals surface area contributed by atoms with E-state index in [1.54, 1.807) is 6.07 Å². The molecule has 7 nitrogen and oxygen atoms in total. The lowest BCUT2D eigenvalue weighted by Gasteiger charge is -2.14. The Hall–Kier alpha value is -1.28. The first-order valence-corrected chi connectivity index (χ1v) is 9.80. The monoisotopic (exact) mass is 524 g/mol. The van der Waals surface area contributed by atoms with Gasteiger partial charge in [-0.3, -0.25) is 0 Å². The Kier molecular flexibility index (Phi) is 11.7. The Morgan fingerprint density at radius 2 is 1.85 bits per heavy atom. The minimum atomic E-state index is -4.77. The normalized spacial score (nSPS) is 12.3. The summed E-state index contributed by atoms with van der Waals surface area (Å²) in [6.45, 7) is 3.11. The van der Waals surface area contributed by atoms with Crippen molar-refractivity contribution in [2.24, 2.45) is 4.99 Å². The van der Waals surface area contributed by atoms with Gasteiger partial charge in [0.1, 0.15) is 5.75 Å². The number of rotatable bonds is 9. The third-order valence-electron chi connectivity index (χ3n) is 2.96. The van der Waals surface area contributed by atoms with Gasteiger partial charge in [-0.05, 0) is 19.4 Å². The molecule has 0 atom stereocenters. The average molecular weight is 524 g/mol. The Morgan fingerprint density at radius 1 is 1.19 bits per heavy atom. The van der Waals surface area contributed by atoms with E-state index in [9.17, 15) is 21.6 Å². The number of nitrogens with one attached hydrogen (secondary N) is 3. The molecule has 1 aromatic rings. The van der Waals surface area contributed by atoms with Crippen LogP contribution < -0.4 is 20.1 Å². The third-order valence-corrected chi connectivity index (χ3v) is 3.69. The molecule has 0 amide bonds. The van der Waals surface area contributed by atoms with Crippen molar-refractivity contribution >= 4 is 40.0 Å². The van der Waals surface area contributed by atoms with Gasteiger partial charge in [0.15, 0.2) is 5.96 Å². The van der Waals surface area contributed by atoms with E-state index in [0.29, 0.717) is 31.0 Å². The maximum Gasteiger partial charge on any atom is 0.573 e. The minimum Gasteiger partial charge on any atom is -0.405 e. The Bertz CT molecular complexity index is 700. The maximum absolute atomic E-state index is 12.4. The van der Waals surface area contributed by atoms with Crippen LogP contribution in [0.2, 0.25) is 0 Å². The molecule has 0 heterocycles. The fraction of sp³-hybridized carbons (Fsp3) is 0.533. The van der Waals surface area contributed by atoms with Gasteiger partial charge in [-0.2, -0.15) is 0 Å². The second-order valence-electron chi connectivity index (χ2n) is 5.30. The summed E-state index contributed by atoms with van der Waals surface area (Å²) in [5.74, 6) is 0.116. The molecule has 0 aromatic heterocycles. The Morgan fingerprint density at radius 3 is 2.44 bits per heavy atom. The first-order chi connectivity index (χ1) is 12.1. The molecule has 0 bridgehead atoms. The highest BCUT2D eigenvalue weighted by Crippen LogP contribution is 2.26. The SMILES string of the molecule is CCNC(=NCc1ccccc1OC(F)(F)F)NCCCNS(C)(=O)=O.I. The van der Waals surface area contributed by atoms with Gasteiger partial charge in [0.2, 0.25) is 10.0 Å². The molecule has 156 valence electrons. The van der Waals surface area contributed by atoms with Crippen molar-refractivity contribution in [3.05, 3.63) is 29.8 Å². The first kappa shape index (κ1) is 25.7. The molecule has 0 fully saturated rings. The van der Waals surface area contributed by atoms with E-state index >= 15 is 0 Å². The fourth-order valence-electron chi connectivity index (χ4n) is 1.92. The molecule has 0 aliphatic rings. The van der Waals surface area contributed by atoms with Gasteiger partial charge in [0.05, 0.1) is 12.8 Å². The topological polar surface area (TPSA) is 91.8 Å². The largest absolute Gasteiger partial charge is 0.573 e. The predicted molar refractivity (Wildman–Crippen MR) is 109 cm³/mol. The zero-order valence-corrected chi connectivity index (χ0v) is 18.1. The molecule has 0 spiro atoms. The van der Waals surface area contributed by atoms with Crippen molar-refractivity contribution in [2.45, 2.75) is 26.3 Å². The van der Waals surface area contributed by atoms with E-state index in [2.05, 4.69) is 25.1 Å². The number of sulfonamides is 1. The molecule has 3 N–H and O–H groups in total. The summed E-state index contributed by atoms with van der Waals surface area (Å²) in [5, 5.41) is 5.95. The van der Waals surface area contributed by atoms with E-state index in [4.69, 9.17) is 0 Å². The van der Waals surface area contributed by atoms with Crippen LogP contribution in [0.1, 0.15) is 18.9 Å². The predicted octanol–water partition coefficient (Wildman–Crippen LogP) is 2.20. The van der Waals surface area contributed by atoms with E-state index in [1.165, 1.54) is 18.2 Å². The van der Waals surface area contributed by atoms with Crippen molar-refractivity contribution in [3.8, 4) is 5.75 Å². The first-order valence-electron chi connectivity index (χ1n) is 7.91. The minimum absolute atomic E-state index is 0. The molecule has 0 aliphatic heterocycles. The standard InChI is InChI=1S/C15H23F3N4O3S.HI/c1-3-19-14(20-9-6-10-22-26(2,23)24)21-11-12-7-4-5-8-13(12)25-15(16,17)18;/h4-5,7-8,22H,3,6,9-11H2,1-2H3,(H2,19,20,21);1H. The molecule has 1 rings (SSSR count). The van der Waals surface area contributed by atoms with Crippen LogP contribution in [0.4, 0.5) is 13.2 Å². The van der Waals surface area contributed by atoms with E-state index in [1.807, 2.05) is 6.92 Å². The fourth-order valence-corrected chi connectivity index (χ4v) is 2.43. The summed E-state index contributed by atoms with van der Waals surface area (Å²) in [4.78, 5) is 4.23. The zero-order chi connectivity index (χ0) is 19.6. The highest BCUT2D eigenvalue weighted by atomic mass is 127. The van der Waals surface area contributed by atoms with E-state index in [-0.39, 0.29) is 42.8 Å². The van der Waals surface area contributed by atoms with Crippen LogP contribution in [0.5, 0.6) is 5.75 Å². The second-order valence-corrected chi connectivity index (χ2v) is 7.13. The number of aliphatic imine (C=N–C) groups is 1. The molecule has 0 radical (unpaired) electrons. The Labute approximate surface area is 174 Å². The summed E-state index contributed by atoms with van der Waals surface area (Å²) in [6.07, 6.45) is -3.17. The van der Waals surface area contributed by atoms with Gasteiger partial charge >= 0.3 is 6.36 Å². The number of hydrogen-bond acceptors (Lipinski definition) is 4. The van der Waals surface area contributed by atoms with Crippen molar-refractivity contribution in [1.29, 1.82) is 0 Å². The summed E-state index contributed by atoms with van der Waals surface area (Å²) in [5.41, 5.74) is 0.292. The van der Waals surface area contributed by atoms with Crippen molar-refractivity contribution < 1.29 is 26.3 Å². The number of benzene rings is 1. The molecule has 1 aromatic carbocycles. The van der Waals surface area contributed by atoms with Crippen LogP contribution in [0.3, 0.4) is 0 Å². The number of halogens is 4. The molecular formula is C15H24F3IN4O3S. The number of hydrogen-bond donors (Lipinski definition) is 3. The highest BCUT2D eigenvalue weighted by Gasteiger charge is 2.31. The summed E-state index contributed by atoms with van der Waals surface area (Å²) < 4.78 is 65.6. The van der Waals surface area contributed by atoms with Crippen molar-refractivity contribution in [2.75, 3.05) is 25.9 Å². The zero-order valence-electron chi connectivity index (χ0n) is 15.0. The van der Waals surface area contributed by atoms with Crippen LogP contribution in [0.25, 0.3) is 0 Å². The molecule has 0 aliphatic carbocycles. The van der Waals surface area contributed by atoms with Crippen molar-refractivity contribution in [1.82, 2.24) is 15.4 Å². The van der Waals surface area contributed by atoms with Gasteiger partial charge in [0.25, 0.3) is 0 Å². The number of ether oxygens (including phenoxy) is 1. The summed E-state index contributed by atoms with van der Waals surface area (Å²) >= 11 is 0. The van der Waals surface area contributed by atoms with Gasteiger partial charge < -0.3 is 15.4 Å². The van der Waals surface area contributed by atoms with Crippen LogP contribution in [-0.2, 0) is 16.6 Å². The lowest BCUT2D eigenvalue weighted by Crippen LogP contribution is -2.38. The average Bonchev–Trinajstić information content (AvgIpc) is 2.51. The van der Waals surface area contributed by atoms with Crippen LogP contribution in [-0.4, -0.2) is 46.6 Å². The van der Waals surface area contributed by atoms with Gasteiger partial charge in [-0.15, -0.1) is 37.1 Å². The van der Waals surface area contributed by atoms with Crippen LogP contribution in [0, 0.1) is 0 Å². The van der Waals surface area contributed by atoms with Gasteiger partial charge in [0, 0.05) is 25.2 Å². The Balaban J connectivity index is 0.00000676. The molecule has 0 unspecified atom stereocenters. The summed E-state index contributed by atoms with van der Waals surface area (Å²) in [6, 6.07) is 5.79. The van der Waals surface area contributed by atoms with Crippen LogP contribution in [0.15, 0.2) is 29.3 Å². The summed E-state index contributed by atoms with van der Waals surface area (Å²) in [7, 11) is -3.23. The third kappa shape index (κ3) is 12.7. The number of para-hydroxylation sites is 1. The number of guanidine groups is 1. The van der Waals surface area contributed by atoms with Gasteiger partial charge in [-0.25, -0.2) is 18.1 Å². The van der Waals surface area contributed by atoms with Gasteiger partial charge in [-0.1, -0.05) is 18.2 Å². The maximum atomic E-state index is 12.4. The molecule has 0 saturated heterocycles.